The minimum Gasteiger partial charge on any atom is -0.446 e. The van der Waals surface area contributed by atoms with Gasteiger partial charge in [-0.25, -0.2) is 4.79 Å². The molecule has 8 heteroatoms. The molecule has 184 valence electrons. The van der Waals surface area contributed by atoms with E-state index in [1.54, 1.807) is 16.7 Å². The average Bonchev–Trinajstić information content (AvgIpc) is 3.29. The minimum atomic E-state index is -0.395. The molecule has 0 radical (unpaired) electrons. The van der Waals surface area contributed by atoms with Crippen molar-refractivity contribution in [3.63, 3.8) is 0 Å². The summed E-state index contributed by atoms with van der Waals surface area (Å²) in [5.41, 5.74) is 4.14. The van der Waals surface area contributed by atoms with Gasteiger partial charge in [-0.15, -0.1) is 0 Å². The summed E-state index contributed by atoms with van der Waals surface area (Å²) in [6.45, 7) is 5.76. The maximum Gasteiger partial charge on any atom is 0.414 e. The molecule has 35 heavy (non-hydrogen) atoms. The molecule has 2 fully saturated rings. The number of ether oxygens (including phenoxy) is 2. The zero-order valence-electron chi connectivity index (χ0n) is 20.2. The predicted molar refractivity (Wildman–Crippen MR) is 134 cm³/mol. The van der Waals surface area contributed by atoms with Gasteiger partial charge in [0.05, 0.1) is 30.6 Å². The third-order valence-electron chi connectivity index (χ3n) is 6.99. The van der Waals surface area contributed by atoms with Crippen LogP contribution in [0.1, 0.15) is 39.5 Å². The molecule has 0 bridgehead atoms. The van der Waals surface area contributed by atoms with Gasteiger partial charge in [0.2, 0.25) is 11.8 Å². The lowest BCUT2D eigenvalue weighted by molar-refractivity contribution is -0.117. The number of hydrogen-bond acceptors (Lipinski definition) is 5. The highest BCUT2D eigenvalue weighted by Gasteiger charge is 2.35. The monoisotopic (exact) mass is 477 g/mol. The van der Waals surface area contributed by atoms with Crippen LogP contribution in [-0.2, 0) is 19.1 Å². The topological polar surface area (TPSA) is 79.4 Å². The molecule has 0 aliphatic carbocycles. The normalized spacial score (nSPS) is 20.7. The Bertz CT molecular complexity index is 1130. The Kier molecular flexibility index (Phi) is 6.47. The van der Waals surface area contributed by atoms with Gasteiger partial charge in [-0.2, -0.15) is 0 Å². The SMILES string of the molecule is CC(=O)N1c2ccc(-c3ccc(N4CCCC4=O)cc3)cc2N(C(=O)OC2CCOCC2)C[C@@H]1C. The number of fused-ring (bicyclic) bond motifs is 1. The Morgan fingerprint density at radius 2 is 1.71 bits per heavy atom. The van der Waals surface area contributed by atoms with Gasteiger partial charge in [0.1, 0.15) is 6.10 Å². The average molecular weight is 478 g/mol. The highest BCUT2D eigenvalue weighted by Crippen LogP contribution is 2.39. The molecule has 1 atom stereocenters. The predicted octanol–water partition coefficient (Wildman–Crippen LogP) is 4.36. The van der Waals surface area contributed by atoms with Gasteiger partial charge < -0.3 is 19.3 Å². The molecule has 0 saturated carbocycles. The fraction of sp³-hybridized carbons (Fsp3) is 0.444. The minimum absolute atomic E-state index is 0.0661. The Morgan fingerprint density at radius 3 is 2.37 bits per heavy atom. The first-order valence-corrected chi connectivity index (χ1v) is 12.3. The van der Waals surface area contributed by atoms with E-state index in [4.69, 9.17) is 9.47 Å². The van der Waals surface area contributed by atoms with Gasteiger partial charge in [0, 0.05) is 45.0 Å². The maximum absolute atomic E-state index is 13.2. The molecular formula is C27H31N3O5. The van der Waals surface area contributed by atoms with Crippen LogP contribution in [0.5, 0.6) is 0 Å². The number of anilines is 3. The maximum atomic E-state index is 13.2. The van der Waals surface area contributed by atoms with E-state index in [-0.39, 0.29) is 24.0 Å². The van der Waals surface area contributed by atoms with E-state index >= 15 is 0 Å². The van der Waals surface area contributed by atoms with Crippen molar-refractivity contribution < 1.29 is 23.9 Å². The van der Waals surface area contributed by atoms with Gasteiger partial charge in [-0.1, -0.05) is 18.2 Å². The lowest BCUT2D eigenvalue weighted by Gasteiger charge is -2.41. The highest BCUT2D eigenvalue weighted by molar-refractivity contribution is 6.03. The molecule has 3 aliphatic rings. The van der Waals surface area contributed by atoms with Crippen molar-refractivity contribution in [2.45, 2.75) is 51.7 Å². The molecule has 2 aromatic carbocycles. The van der Waals surface area contributed by atoms with Crippen molar-refractivity contribution in [2.24, 2.45) is 0 Å². The molecule has 3 amide bonds. The molecular weight excluding hydrogens is 446 g/mol. The van der Waals surface area contributed by atoms with Crippen LogP contribution in [0.4, 0.5) is 21.9 Å². The van der Waals surface area contributed by atoms with Crippen molar-refractivity contribution in [3.8, 4) is 11.1 Å². The quantitative estimate of drug-likeness (QED) is 0.656. The van der Waals surface area contributed by atoms with E-state index in [2.05, 4.69) is 0 Å². The fourth-order valence-corrected chi connectivity index (χ4v) is 5.21. The third-order valence-corrected chi connectivity index (χ3v) is 6.99. The molecule has 0 unspecified atom stereocenters. The molecule has 3 heterocycles. The van der Waals surface area contributed by atoms with Crippen LogP contribution in [0.3, 0.4) is 0 Å². The first kappa shape index (κ1) is 23.4. The van der Waals surface area contributed by atoms with Crippen molar-refractivity contribution in [3.05, 3.63) is 42.5 Å². The van der Waals surface area contributed by atoms with E-state index in [1.165, 1.54) is 0 Å². The Hall–Kier alpha value is -3.39. The second kappa shape index (κ2) is 9.70. The molecule has 3 aliphatic heterocycles. The number of carbonyl (C=O) groups excluding carboxylic acids is 3. The summed E-state index contributed by atoms with van der Waals surface area (Å²) in [5.74, 6) is 0.0900. The van der Waals surface area contributed by atoms with Gasteiger partial charge in [0.15, 0.2) is 0 Å². The number of amides is 3. The molecule has 0 spiro atoms. The summed E-state index contributed by atoms with van der Waals surface area (Å²) in [6.07, 6.45) is 2.30. The number of hydrogen-bond donors (Lipinski definition) is 0. The highest BCUT2D eigenvalue weighted by atomic mass is 16.6. The largest absolute Gasteiger partial charge is 0.446 e. The Morgan fingerprint density at radius 1 is 1.00 bits per heavy atom. The summed E-state index contributed by atoms with van der Waals surface area (Å²) in [4.78, 5) is 43.0. The van der Waals surface area contributed by atoms with E-state index in [0.717, 1.165) is 29.8 Å². The lowest BCUT2D eigenvalue weighted by Crippen LogP contribution is -2.52. The second-order valence-electron chi connectivity index (χ2n) is 9.44. The van der Waals surface area contributed by atoms with E-state index in [1.807, 2.05) is 54.3 Å². The fourth-order valence-electron chi connectivity index (χ4n) is 5.21. The molecule has 5 rings (SSSR count). The number of benzene rings is 2. The number of nitrogens with zero attached hydrogens (tertiary/aromatic N) is 3. The van der Waals surface area contributed by atoms with Crippen LogP contribution >= 0.6 is 0 Å². The zero-order valence-corrected chi connectivity index (χ0v) is 20.2. The molecule has 2 saturated heterocycles. The standard InChI is InChI=1S/C27H31N3O5/c1-18-17-29(27(33)35-23-11-14-34-15-12-23)25-16-21(7-10-24(25)30(18)19(2)31)20-5-8-22(9-6-20)28-13-3-4-26(28)32/h5-10,16,18,23H,3-4,11-15,17H2,1-2H3/t18-/m0/s1. The van der Waals surface area contributed by atoms with Gasteiger partial charge in [0.25, 0.3) is 0 Å². The summed E-state index contributed by atoms with van der Waals surface area (Å²) in [7, 11) is 0. The van der Waals surface area contributed by atoms with E-state index in [9.17, 15) is 14.4 Å². The number of rotatable bonds is 3. The van der Waals surface area contributed by atoms with Crippen molar-refractivity contribution in [1.82, 2.24) is 0 Å². The lowest BCUT2D eigenvalue weighted by atomic mass is 10.0. The van der Waals surface area contributed by atoms with Crippen LogP contribution in [0, 0.1) is 0 Å². The second-order valence-corrected chi connectivity index (χ2v) is 9.44. The first-order valence-electron chi connectivity index (χ1n) is 12.3. The van der Waals surface area contributed by atoms with Crippen LogP contribution in [-0.4, -0.2) is 56.4 Å². The van der Waals surface area contributed by atoms with Gasteiger partial charge in [-0.3, -0.25) is 14.5 Å². The summed E-state index contributed by atoms with van der Waals surface area (Å²) < 4.78 is 11.2. The number of carbonyl (C=O) groups is 3. The van der Waals surface area contributed by atoms with Crippen LogP contribution in [0.2, 0.25) is 0 Å². The van der Waals surface area contributed by atoms with Crippen LogP contribution in [0.25, 0.3) is 11.1 Å². The molecule has 8 nitrogen and oxygen atoms in total. The summed E-state index contributed by atoms with van der Waals surface area (Å²) in [6, 6.07) is 13.5. The van der Waals surface area contributed by atoms with Crippen molar-refractivity contribution >= 4 is 35.0 Å². The molecule has 0 aromatic heterocycles. The van der Waals surface area contributed by atoms with E-state index in [0.29, 0.717) is 50.4 Å². The van der Waals surface area contributed by atoms with E-state index < -0.39 is 6.09 Å². The molecule has 2 aromatic rings. The summed E-state index contributed by atoms with van der Waals surface area (Å²) >= 11 is 0. The van der Waals surface area contributed by atoms with Gasteiger partial charge >= 0.3 is 6.09 Å². The zero-order chi connectivity index (χ0) is 24.5. The van der Waals surface area contributed by atoms with Crippen LogP contribution < -0.4 is 14.7 Å². The molecule has 0 N–H and O–H groups in total. The van der Waals surface area contributed by atoms with Crippen LogP contribution in [0.15, 0.2) is 42.5 Å². The summed E-state index contributed by atoms with van der Waals surface area (Å²) in [5, 5.41) is 0. The first-order chi connectivity index (χ1) is 16.9. The Labute approximate surface area is 205 Å². The third kappa shape index (κ3) is 4.62. The smallest absolute Gasteiger partial charge is 0.414 e. The Balaban J connectivity index is 1.46. The van der Waals surface area contributed by atoms with Crippen molar-refractivity contribution in [1.29, 1.82) is 0 Å². The van der Waals surface area contributed by atoms with Gasteiger partial charge in [-0.05, 0) is 48.7 Å². The van der Waals surface area contributed by atoms with Crippen molar-refractivity contribution in [2.75, 3.05) is 41.0 Å².